The number of hydrogen-bond acceptors (Lipinski definition) is 6. The summed E-state index contributed by atoms with van der Waals surface area (Å²) in [6.07, 6.45) is 1.87. The molecule has 7 heteroatoms. The molecule has 0 saturated heterocycles. The van der Waals surface area contributed by atoms with E-state index < -0.39 is 15.8 Å². The zero-order valence-electron chi connectivity index (χ0n) is 14.7. The first-order valence-electron chi connectivity index (χ1n) is 8.68. The topological polar surface area (TPSA) is 85.4 Å². The van der Waals surface area contributed by atoms with E-state index in [0.717, 1.165) is 5.69 Å². The quantitative estimate of drug-likeness (QED) is 0.695. The van der Waals surface area contributed by atoms with E-state index in [0.29, 0.717) is 33.5 Å². The van der Waals surface area contributed by atoms with Crippen LogP contribution >= 0.6 is 0 Å². The molecule has 0 fully saturated rings. The van der Waals surface area contributed by atoms with E-state index in [1.807, 2.05) is 30.3 Å². The van der Waals surface area contributed by atoms with Gasteiger partial charge < -0.3 is 10.1 Å². The number of rotatable bonds is 4. The number of carbonyl (C=O) groups excluding carboxylic acids is 1. The molecule has 3 aromatic rings. The number of fused-ring (bicyclic) bond motifs is 3. The summed E-state index contributed by atoms with van der Waals surface area (Å²) in [5.41, 5.74) is 2.93. The van der Waals surface area contributed by atoms with Gasteiger partial charge in [-0.2, -0.15) is 0 Å². The molecule has 0 radical (unpaired) electrons. The van der Waals surface area contributed by atoms with Crippen molar-refractivity contribution in [3.8, 4) is 0 Å². The lowest BCUT2D eigenvalue weighted by molar-refractivity contribution is 0.0527. The molecule has 4 rings (SSSR count). The van der Waals surface area contributed by atoms with Gasteiger partial charge in [-0.25, -0.2) is 13.2 Å². The van der Waals surface area contributed by atoms with E-state index in [1.54, 1.807) is 19.1 Å². The number of para-hydroxylation sites is 1. The molecule has 1 aliphatic rings. The van der Waals surface area contributed by atoms with Gasteiger partial charge in [0, 0.05) is 17.3 Å². The average molecular weight is 382 g/mol. The zero-order valence-corrected chi connectivity index (χ0v) is 15.5. The second-order valence-electron chi connectivity index (χ2n) is 6.26. The third-order valence-electron chi connectivity index (χ3n) is 4.59. The molecule has 0 unspecified atom stereocenters. The van der Waals surface area contributed by atoms with Crippen molar-refractivity contribution in [1.29, 1.82) is 0 Å². The fourth-order valence-electron chi connectivity index (χ4n) is 3.38. The van der Waals surface area contributed by atoms with Gasteiger partial charge >= 0.3 is 5.97 Å². The van der Waals surface area contributed by atoms with Crippen LogP contribution in [0.15, 0.2) is 53.6 Å². The number of esters is 1. The standard InChI is InChI=1S/C20H18N2O4S/c1-2-26-20(23)15-12-21-16-8-9-17-14(10-11-27(17,24)25)18(16)19(15)22-13-6-4-3-5-7-13/h3-9,12H,2,10-11H2,1H3,(H,21,22). The summed E-state index contributed by atoms with van der Waals surface area (Å²) in [6.45, 7) is 1.98. The molecule has 2 heterocycles. The van der Waals surface area contributed by atoms with Gasteiger partial charge in [-0.05, 0) is 43.2 Å². The molecule has 0 spiro atoms. The predicted octanol–water partition coefficient (Wildman–Crippen LogP) is 3.48. The number of carbonyl (C=O) groups is 1. The Labute approximate surface area is 157 Å². The Balaban J connectivity index is 2.01. The summed E-state index contributed by atoms with van der Waals surface area (Å²) in [7, 11) is -3.30. The van der Waals surface area contributed by atoms with Crippen molar-refractivity contribution in [2.45, 2.75) is 18.2 Å². The van der Waals surface area contributed by atoms with Gasteiger partial charge in [0.1, 0.15) is 5.56 Å². The molecule has 0 aliphatic carbocycles. The second kappa shape index (κ2) is 6.66. The number of benzene rings is 2. The summed E-state index contributed by atoms with van der Waals surface area (Å²) in [4.78, 5) is 17.2. The number of ether oxygens (including phenoxy) is 1. The fraction of sp³-hybridized carbons (Fsp3) is 0.200. The van der Waals surface area contributed by atoms with Crippen LogP contribution in [0.5, 0.6) is 0 Å². The van der Waals surface area contributed by atoms with Gasteiger partial charge in [0.25, 0.3) is 0 Å². The number of nitrogens with zero attached hydrogens (tertiary/aromatic N) is 1. The van der Waals surface area contributed by atoms with E-state index in [-0.39, 0.29) is 17.9 Å². The smallest absolute Gasteiger partial charge is 0.341 e. The third-order valence-corrected chi connectivity index (χ3v) is 6.39. The van der Waals surface area contributed by atoms with Gasteiger partial charge in [0.2, 0.25) is 0 Å². The number of aromatic nitrogens is 1. The summed E-state index contributed by atoms with van der Waals surface area (Å²) < 4.78 is 29.9. The van der Waals surface area contributed by atoms with Gasteiger partial charge in [0.15, 0.2) is 9.84 Å². The Morgan fingerprint density at radius 2 is 1.96 bits per heavy atom. The van der Waals surface area contributed by atoms with Gasteiger partial charge in [-0.15, -0.1) is 0 Å². The van der Waals surface area contributed by atoms with Crippen molar-refractivity contribution in [3.05, 3.63) is 59.8 Å². The maximum absolute atomic E-state index is 12.5. The Bertz CT molecular complexity index is 1140. The van der Waals surface area contributed by atoms with Gasteiger partial charge in [-0.3, -0.25) is 4.98 Å². The highest BCUT2D eigenvalue weighted by Crippen LogP contribution is 2.38. The minimum atomic E-state index is -3.30. The van der Waals surface area contributed by atoms with Gasteiger partial charge in [-0.1, -0.05) is 18.2 Å². The minimum Gasteiger partial charge on any atom is -0.462 e. The van der Waals surface area contributed by atoms with Crippen LogP contribution in [-0.2, 0) is 21.0 Å². The van der Waals surface area contributed by atoms with Crippen LogP contribution < -0.4 is 5.32 Å². The predicted molar refractivity (Wildman–Crippen MR) is 103 cm³/mol. The van der Waals surface area contributed by atoms with E-state index >= 15 is 0 Å². The Kier molecular flexibility index (Phi) is 4.31. The molecule has 0 amide bonds. The summed E-state index contributed by atoms with van der Waals surface area (Å²) in [5, 5.41) is 3.93. The normalized spacial score (nSPS) is 14.7. The van der Waals surface area contributed by atoms with E-state index in [9.17, 15) is 13.2 Å². The number of anilines is 2. The number of nitrogens with one attached hydrogen (secondary N) is 1. The lowest BCUT2D eigenvalue weighted by atomic mass is 10.0. The number of pyridine rings is 1. The molecule has 1 aliphatic heterocycles. The van der Waals surface area contributed by atoms with Crippen molar-refractivity contribution < 1.29 is 17.9 Å². The highest BCUT2D eigenvalue weighted by Gasteiger charge is 2.30. The molecule has 6 nitrogen and oxygen atoms in total. The van der Waals surface area contributed by atoms with Crippen molar-refractivity contribution >= 4 is 38.1 Å². The zero-order chi connectivity index (χ0) is 19.0. The van der Waals surface area contributed by atoms with Crippen LogP contribution in [0.1, 0.15) is 22.8 Å². The molecular weight excluding hydrogens is 364 g/mol. The average Bonchev–Trinajstić information content (AvgIpc) is 2.98. The molecule has 0 atom stereocenters. The SMILES string of the molecule is CCOC(=O)c1cnc2ccc3c(c2c1Nc1ccccc1)CCS3(=O)=O. The molecule has 0 saturated carbocycles. The highest BCUT2D eigenvalue weighted by atomic mass is 32.2. The monoisotopic (exact) mass is 382 g/mol. The van der Waals surface area contributed by atoms with Crippen LogP contribution in [0.4, 0.5) is 11.4 Å². The molecule has 1 aromatic heterocycles. The van der Waals surface area contributed by atoms with Crippen molar-refractivity contribution in [2.24, 2.45) is 0 Å². The van der Waals surface area contributed by atoms with Crippen LogP contribution in [-0.4, -0.2) is 31.7 Å². The van der Waals surface area contributed by atoms with Crippen molar-refractivity contribution in [1.82, 2.24) is 4.98 Å². The molecular formula is C20H18N2O4S. The molecule has 0 bridgehead atoms. The lowest BCUT2D eigenvalue weighted by Gasteiger charge is -2.16. The molecule has 2 aromatic carbocycles. The van der Waals surface area contributed by atoms with E-state index in [1.165, 1.54) is 6.20 Å². The fourth-order valence-corrected chi connectivity index (χ4v) is 4.93. The maximum Gasteiger partial charge on any atom is 0.341 e. The minimum absolute atomic E-state index is 0.0653. The van der Waals surface area contributed by atoms with E-state index in [4.69, 9.17) is 4.74 Å². The number of sulfone groups is 1. The molecule has 1 N–H and O–H groups in total. The number of hydrogen-bond donors (Lipinski definition) is 1. The Morgan fingerprint density at radius 1 is 1.19 bits per heavy atom. The summed E-state index contributed by atoms with van der Waals surface area (Å²) in [5.74, 6) is -0.431. The number of aryl methyl sites for hydroxylation is 1. The first-order chi connectivity index (χ1) is 13.0. The summed E-state index contributed by atoms with van der Waals surface area (Å²) >= 11 is 0. The van der Waals surface area contributed by atoms with Crippen LogP contribution in [0.3, 0.4) is 0 Å². The van der Waals surface area contributed by atoms with Crippen LogP contribution in [0.2, 0.25) is 0 Å². The van der Waals surface area contributed by atoms with Crippen LogP contribution in [0.25, 0.3) is 10.9 Å². The van der Waals surface area contributed by atoms with E-state index in [2.05, 4.69) is 10.3 Å². The van der Waals surface area contributed by atoms with Crippen molar-refractivity contribution in [2.75, 3.05) is 17.7 Å². The highest BCUT2D eigenvalue weighted by molar-refractivity contribution is 7.91. The Hall–Kier alpha value is -2.93. The largest absolute Gasteiger partial charge is 0.462 e. The van der Waals surface area contributed by atoms with Gasteiger partial charge in [0.05, 0.1) is 28.5 Å². The summed E-state index contributed by atoms with van der Waals surface area (Å²) in [6, 6.07) is 12.7. The first kappa shape index (κ1) is 17.5. The Morgan fingerprint density at radius 3 is 2.70 bits per heavy atom. The third kappa shape index (κ3) is 3.04. The molecule has 27 heavy (non-hydrogen) atoms. The molecule has 138 valence electrons. The van der Waals surface area contributed by atoms with Crippen molar-refractivity contribution in [3.63, 3.8) is 0 Å². The first-order valence-corrected chi connectivity index (χ1v) is 10.3. The maximum atomic E-state index is 12.5. The second-order valence-corrected chi connectivity index (χ2v) is 8.34. The lowest BCUT2D eigenvalue weighted by Crippen LogP contribution is -2.10. The van der Waals surface area contributed by atoms with Crippen LogP contribution in [0, 0.1) is 0 Å².